The first-order valence-electron chi connectivity index (χ1n) is 11.6. The molecule has 0 N–H and O–H groups in total. The SMILES string of the molecule is C=C(C)C.C=C/C(=C/C)C(=C)C.CC.CC.CCCN(CCC)c1ccc(C)cc1. The molecule has 30 heavy (non-hydrogen) atoms. The number of rotatable bonds is 7. The van der Waals surface area contributed by atoms with Crippen LogP contribution in [0.5, 0.6) is 0 Å². The van der Waals surface area contributed by atoms with Gasteiger partial charge in [-0.25, -0.2) is 0 Å². The standard InChI is InChI=1S/C13H21N.C8H12.C4H8.2C2H6/c1-4-10-14(11-5-2)13-8-6-12(3)7-9-13;1-5-8(6-2)7(3)4;1-4(2)3;2*1-2/h6-9H,4-5,10-11H2,1-3H3;5-6H,1,3H2,2,4H3;1H2,2-3H3;2*1-2H3/b;8-6-;;;. The molecule has 0 unspecified atom stereocenters. The summed E-state index contributed by atoms with van der Waals surface area (Å²) in [6, 6.07) is 8.82. The Morgan fingerprint density at radius 3 is 1.43 bits per heavy atom. The molecule has 0 aliphatic carbocycles. The van der Waals surface area contributed by atoms with E-state index in [-0.39, 0.29) is 0 Å². The van der Waals surface area contributed by atoms with Gasteiger partial charge in [0.2, 0.25) is 0 Å². The first kappa shape index (κ1) is 35.4. The third kappa shape index (κ3) is 24.0. The molecule has 0 saturated heterocycles. The van der Waals surface area contributed by atoms with Gasteiger partial charge in [-0.3, -0.25) is 0 Å². The van der Waals surface area contributed by atoms with Crippen LogP contribution < -0.4 is 4.90 Å². The summed E-state index contributed by atoms with van der Waals surface area (Å²) in [5.74, 6) is 0. The van der Waals surface area contributed by atoms with Crippen molar-refractivity contribution in [3.05, 3.63) is 78.4 Å². The average molecular weight is 416 g/mol. The van der Waals surface area contributed by atoms with Crippen molar-refractivity contribution in [2.24, 2.45) is 0 Å². The zero-order valence-electron chi connectivity index (χ0n) is 22.4. The molecule has 0 atom stereocenters. The molecule has 0 aromatic heterocycles. The summed E-state index contributed by atoms with van der Waals surface area (Å²) in [5, 5.41) is 0. The van der Waals surface area contributed by atoms with E-state index in [1.54, 1.807) is 0 Å². The maximum Gasteiger partial charge on any atom is 0.0366 e. The topological polar surface area (TPSA) is 3.24 Å². The molecule has 0 fully saturated rings. The van der Waals surface area contributed by atoms with Crippen LogP contribution in [0.1, 0.15) is 87.6 Å². The maximum atomic E-state index is 3.76. The van der Waals surface area contributed by atoms with Gasteiger partial charge in [0.15, 0.2) is 0 Å². The second-order valence-corrected chi connectivity index (χ2v) is 6.76. The van der Waals surface area contributed by atoms with Crippen molar-refractivity contribution < 1.29 is 0 Å². The number of nitrogens with zero attached hydrogens (tertiary/aromatic N) is 1. The largest absolute Gasteiger partial charge is 0.372 e. The van der Waals surface area contributed by atoms with Crippen LogP contribution in [0, 0.1) is 6.92 Å². The number of anilines is 1. The zero-order valence-corrected chi connectivity index (χ0v) is 22.4. The van der Waals surface area contributed by atoms with Crippen LogP contribution in [0.4, 0.5) is 5.69 Å². The zero-order chi connectivity index (χ0) is 24.5. The summed E-state index contributed by atoms with van der Waals surface area (Å²) in [6.45, 7) is 35.8. The van der Waals surface area contributed by atoms with Crippen LogP contribution in [0.25, 0.3) is 0 Å². The molecule has 1 aromatic carbocycles. The first-order chi connectivity index (χ1) is 14.2. The second kappa shape index (κ2) is 27.0. The highest BCUT2D eigenvalue weighted by molar-refractivity contribution is 5.47. The van der Waals surface area contributed by atoms with Crippen LogP contribution >= 0.6 is 0 Å². The van der Waals surface area contributed by atoms with E-state index in [1.807, 2.05) is 67.5 Å². The summed E-state index contributed by atoms with van der Waals surface area (Å²) in [7, 11) is 0. The van der Waals surface area contributed by atoms with Crippen molar-refractivity contribution in [3.63, 3.8) is 0 Å². The predicted molar refractivity (Wildman–Crippen MR) is 146 cm³/mol. The van der Waals surface area contributed by atoms with E-state index in [0.29, 0.717) is 0 Å². The second-order valence-electron chi connectivity index (χ2n) is 6.76. The van der Waals surface area contributed by atoms with Gasteiger partial charge in [0.05, 0.1) is 0 Å². The third-order valence-corrected chi connectivity index (χ3v) is 3.41. The Morgan fingerprint density at radius 2 is 1.23 bits per heavy atom. The van der Waals surface area contributed by atoms with Crippen molar-refractivity contribution in [1.82, 2.24) is 0 Å². The van der Waals surface area contributed by atoms with Crippen LogP contribution in [0.15, 0.2) is 72.9 Å². The van der Waals surface area contributed by atoms with Crippen LogP contribution in [0.2, 0.25) is 0 Å². The van der Waals surface area contributed by atoms with E-state index in [2.05, 4.69) is 69.7 Å². The summed E-state index contributed by atoms with van der Waals surface area (Å²) in [6.07, 6.45) is 6.24. The number of allylic oxidation sites excluding steroid dienone is 5. The van der Waals surface area contributed by atoms with Gasteiger partial charge in [0.1, 0.15) is 0 Å². The highest BCUT2D eigenvalue weighted by Crippen LogP contribution is 2.15. The van der Waals surface area contributed by atoms with E-state index in [1.165, 1.54) is 29.7 Å². The molecule has 1 aromatic rings. The monoisotopic (exact) mass is 415 g/mol. The van der Waals surface area contributed by atoms with E-state index in [4.69, 9.17) is 0 Å². The molecular weight excluding hydrogens is 362 g/mol. The molecule has 0 bridgehead atoms. The van der Waals surface area contributed by atoms with Gasteiger partial charge < -0.3 is 4.90 Å². The highest BCUT2D eigenvalue weighted by Gasteiger charge is 2.02. The lowest BCUT2D eigenvalue weighted by Crippen LogP contribution is -2.24. The Labute approximate surface area is 191 Å². The molecule has 174 valence electrons. The van der Waals surface area contributed by atoms with Crippen molar-refractivity contribution in [2.45, 2.75) is 89.0 Å². The average Bonchev–Trinajstić information content (AvgIpc) is 2.72. The van der Waals surface area contributed by atoms with E-state index in [9.17, 15) is 0 Å². The Bertz CT molecular complexity index is 536. The quantitative estimate of drug-likeness (QED) is 0.316. The minimum atomic E-state index is 1.07. The highest BCUT2D eigenvalue weighted by atomic mass is 15.1. The first-order valence-corrected chi connectivity index (χ1v) is 11.6. The molecule has 1 nitrogen and oxygen atoms in total. The van der Waals surface area contributed by atoms with Gasteiger partial charge in [-0.05, 0) is 65.2 Å². The molecule has 0 radical (unpaired) electrons. The van der Waals surface area contributed by atoms with Gasteiger partial charge in [-0.15, -0.1) is 6.58 Å². The van der Waals surface area contributed by atoms with E-state index < -0.39 is 0 Å². The Hall–Kier alpha value is -2.02. The summed E-state index contributed by atoms with van der Waals surface area (Å²) in [4.78, 5) is 2.46. The summed E-state index contributed by atoms with van der Waals surface area (Å²) in [5.41, 5.74) is 6.06. The van der Waals surface area contributed by atoms with E-state index in [0.717, 1.165) is 24.2 Å². The minimum Gasteiger partial charge on any atom is -0.372 e. The van der Waals surface area contributed by atoms with Gasteiger partial charge in [0, 0.05) is 18.8 Å². The lowest BCUT2D eigenvalue weighted by atomic mass is 10.1. The fourth-order valence-corrected chi connectivity index (χ4v) is 2.20. The Kier molecular flexibility index (Phi) is 31.9. The lowest BCUT2D eigenvalue weighted by Gasteiger charge is -2.23. The normalized spacial score (nSPS) is 8.97. The number of benzene rings is 1. The number of hydrogen-bond acceptors (Lipinski definition) is 1. The molecule has 0 spiro atoms. The Morgan fingerprint density at radius 1 is 0.867 bits per heavy atom. The van der Waals surface area contributed by atoms with Gasteiger partial charge >= 0.3 is 0 Å². The summed E-state index contributed by atoms with van der Waals surface area (Å²) >= 11 is 0. The predicted octanol–water partition coefficient (Wildman–Crippen LogP) is 9.95. The molecule has 0 amide bonds. The smallest absolute Gasteiger partial charge is 0.0366 e. The molecular formula is C29H53N. The molecule has 0 heterocycles. The molecule has 0 aliphatic rings. The number of hydrogen-bond donors (Lipinski definition) is 0. The van der Waals surface area contributed by atoms with Gasteiger partial charge in [0.25, 0.3) is 0 Å². The molecule has 0 saturated carbocycles. The molecule has 1 rings (SSSR count). The maximum absolute atomic E-state index is 3.76. The van der Waals surface area contributed by atoms with Gasteiger partial charge in [-0.1, -0.05) is 95.7 Å². The van der Waals surface area contributed by atoms with Crippen LogP contribution in [0.3, 0.4) is 0 Å². The number of aryl methyl sites for hydroxylation is 1. The fourth-order valence-electron chi connectivity index (χ4n) is 2.20. The Balaban J connectivity index is -0.000000179. The van der Waals surface area contributed by atoms with Crippen LogP contribution in [-0.2, 0) is 0 Å². The van der Waals surface area contributed by atoms with Gasteiger partial charge in [-0.2, -0.15) is 0 Å². The molecule has 0 aliphatic heterocycles. The third-order valence-electron chi connectivity index (χ3n) is 3.41. The molecule has 1 heteroatoms. The van der Waals surface area contributed by atoms with E-state index >= 15 is 0 Å². The van der Waals surface area contributed by atoms with Crippen molar-refractivity contribution in [2.75, 3.05) is 18.0 Å². The van der Waals surface area contributed by atoms with Crippen molar-refractivity contribution in [1.29, 1.82) is 0 Å². The van der Waals surface area contributed by atoms with Crippen molar-refractivity contribution in [3.8, 4) is 0 Å². The van der Waals surface area contributed by atoms with Crippen molar-refractivity contribution >= 4 is 5.69 Å². The van der Waals surface area contributed by atoms with Crippen LogP contribution in [-0.4, -0.2) is 13.1 Å². The lowest BCUT2D eigenvalue weighted by molar-refractivity contribution is 0.745. The minimum absolute atomic E-state index is 1.07. The summed E-state index contributed by atoms with van der Waals surface area (Å²) < 4.78 is 0. The fraction of sp³-hybridized carbons (Fsp3) is 0.517.